The van der Waals surface area contributed by atoms with E-state index in [1.54, 1.807) is 29.2 Å². The molecule has 8 heteroatoms. The van der Waals surface area contributed by atoms with E-state index >= 15 is 0 Å². The predicted molar refractivity (Wildman–Crippen MR) is 139 cm³/mol. The van der Waals surface area contributed by atoms with Gasteiger partial charge in [0, 0.05) is 29.8 Å². The van der Waals surface area contributed by atoms with Crippen LogP contribution in [0.3, 0.4) is 0 Å². The third-order valence-corrected chi connectivity index (χ3v) is 7.65. The topological polar surface area (TPSA) is 105 Å². The quantitative estimate of drug-likeness (QED) is 0.517. The van der Waals surface area contributed by atoms with Gasteiger partial charge in [-0.15, -0.1) is 5.10 Å². The molecule has 1 aromatic carbocycles. The zero-order chi connectivity index (χ0) is 25.8. The van der Waals surface area contributed by atoms with Gasteiger partial charge in [-0.25, -0.2) is 9.48 Å². The molecule has 0 saturated heterocycles. The van der Waals surface area contributed by atoms with E-state index in [0.717, 1.165) is 51.4 Å². The number of nitrogens with zero attached hydrogens (tertiary/aromatic N) is 3. The normalized spacial score (nSPS) is 20.8. The second kappa shape index (κ2) is 11.3. The van der Waals surface area contributed by atoms with Crippen LogP contribution in [0, 0.1) is 17.8 Å². The van der Waals surface area contributed by atoms with Crippen molar-refractivity contribution >= 4 is 29.3 Å². The van der Waals surface area contributed by atoms with Gasteiger partial charge in [0.05, 0.1) is 5.69 Å². The van der Waals surface area contributed by atoms with Crippen LogP contribution in [0.5, 0.6) is 0 Å². The Bertz CT molecular complexity index is 1080. The number of benzene rings is 1. The van der Waals surface area contributed by atoms with Crippen molar-refractivity contribution in [2.75, 3.05) is 10.2 Å². The Hall–Kier alpha value is -3.16. The number of carbonyl (C=O) groups excluding carboxylic acids is 2. The highest BCUT2D eigenvalue weighted by atomic mass is 16.4. The smallest absolute Gasteiger partial charge is 0.341 e. The van der Waals surface area contributed by atoms with E-state index < -0.39 is 5.97 Å². The highest BCUT2D eigenvalue weighted by Crippen LogP contribution is 2.33. The first-order valence-corrected chi connectivity index (χ1v) is 13.3. The molecule has 0 aliphatic heterocycles. The molecule has 2 saturated carbocycles. The summed E-state index contributed by atoms with van der Waals surface area (Å²) in [6, 6.07) is 6.96. The van der Waals surface area contributed by atoms with Crippen LogP contribution in [-0.2, 0) is 9.59 Å². The lowest BCUT2D eigenvalue weighted by Gasteiger charge is -2.32. The maximum atomic E-state index is 13.5. The van der Waals surface area contributed by atoms with Gasteiger partial charge in [0.25, 0.3) is 0 Å². The van der Waals surface area contributed by atoms with Crippen LogP contribution in [0.15, 0.2) is 30.5 Å². The summed E-state index contributed by atoms with van der Waals surface area (Å²) in [5, 5.41) is 17.5. The van der Waals surface area contributed by atoms with Crippen molar-refractivity contribution in [2.45, 2.75) is 84.6 Å². The molecular formula is C28H38N4O4. The van der Waals surface area contributed by atoms with E-state index in [2.05, 4.69) is 17.3 Å². The minimum Gasteiger partial charge on any atom is -0.477 e. The lowest BCUT2D eigenvalue weighted by Crippen LogP contribution is -2.43. The van der Waals surface area contributed by atoms with Gasteiger partial charge in [-0.2, -0.15) is 0 Å². The molecule has 0 atom stereocenters. The molecule has 36 heavy (non-hydrogen) atoms. The molecule has 0 spiro atoms. The fourth-order valence-corrected chi connectivity index (χ4v) is 5.44. The second-order valence-corrected chi connectivity index (χ2v) is 10.7. The Labute approximate surface area is 213 Å². The summed E-state index contributed by atoms with van der Waals surface area (Å²) in [6.07, 6.45) is 10.4. The zero-order valence-electron chi connectivity index (χ0n) is 21.6. The number of carboxylic acids is 1. The van der Waals surface area contributed by atoms with Crippen molar-refractivity contribution in [3.8, 4) is 5.69 Å². The van der Waals surface area contributed by atoms with Crippen LogP contribution in [0.25, 0.3) is 5.69 Å². The summed E-state index contributed by atoms with van der Waals surface area (Å²) in [4.78, 5) is 39.7. The van der Waals surface area contributed by atoms with Crippen molar-refractivity contribution in [2.24, 2.45) is 17.8 Å². The Morgan fingerprint density at radius 3 is 2.19 bits per heavy atom. The highest BCUT2D eigenvalue weighted by molar-refractivity contribution is 6.02. The summed E-state index contributed by atoms with van der Waals surface area (Å²) in [6.45, 7) is 5.98. The van der Waals surface area contributed by atoms with E-state index in [4.69, 9.17) is 0 Å². The summed E-state index contributed by atoms with van der Waals surface area (Å²) in [7, 11) is 0. The van der Waals surface area contributed by atoms with Crippen LogP contribution < -0.4 is 10.2 Å². The molecule has 0 unspecified atom stereocenters. The fourth-order valence-electron chi connectivity index (χ4n) is 5.44. The number of aromatic nitrogens is 2. The molecular weight excluding hydrogens is 456 g/mol. The molecule has 2 fully saturated rings. The Kier molecular flexibility index (Phi) is 8.11. The monoisotopic (exact) mass is 494 g/mol. The van der Waals surface area contributed by atoms with E-state index in [0.29, 0.717) is 17.3 Å². The Balaban J connectivity index is 1.55. The number of hydrogen-bond donors (Lipinski definition) is 2. The average molecular weight is 495 g/mol. The largest absolute Gasteiger partial charge is 0.477 e. The molecule has 0 radical (unpaired) electrons. The number of rotatable bonds is 7. The van der Waals surface area contributed by atoms with E-state index in [-0.39, 0.29) is 41.1 Å². The zero-order valence-corrected chi connectivity index (χ0v) is 21.6. The summed E-state index contributed by atoms with van der Waals surface area (Å²) in [5.41, 5.74) is 1.35. The number of aromatic carboxylic acids is 1. The van der Waals surface area contributed by atoms with Gasteiger partial charge in [-0.1, -0.05) is 26.2 Å². The van der Waals surface area contributed by atoms with Crippen LogP contribution in [-0.4, -0.2) is 38.7 Å². The van der Waals surface area contributed by atoms with Gasteiger partial charge < -0.3 is 10.4 Å². The highest BCUT2D eigenvalue weighted by Gasteiger charge is 2.34. The standard InChI is InChI=1S/C28H38N4O4/c1-18(2)32(27(34)21-11-9-19(3)10-12-21)25-24(28(35)36)17-31(30-25)23-15-13-22(14-16-23)29-26(33)20-7-5-4-6-8-20/h13-21H,4-12H2,1-3H3,(H,29,33)(H,35,36). The molecule has 2 aromatic rings. The van der Waals surface area contributed by atoms with Crippen molar-refractivity contribution in [3.05, 3.63) is 36.0 Å². The third-order valence-electron chi connectivity index (χ3n) is 7.65. The first-order valence-electron chi connectivity index (χ1n) is 13.3. The molecule has 2 aliphatic carbocycles. The van der Waals surface area contributed by atoms with Crippen LogP contribution in [0.2, 0.25) is 0 Å². The summed E-state index contributed by atoms with van der Waals surface area (Å²) < 4.78 is 1.50. The first-order chi connectivity index (χ1) is 17.2. The maximum absolute atomic E-state index is 13.5. The number of amides is 2. The number of carbonyl (C=O) groups is 3. The van der Waals surface area contributed by atoms with Gasteiger partial charge in [-0.05, 0) is 82.6 Å². The van der Waals surface area contributed by atoms with Gasteiger partial charge in [0.1, 0.15) is 5.56 Å². The minimum atomic E-state index is -1.12. The predicted octanol–water partition coefficient (Wildman–Crippen LogP) is 5.66. The van der Waals surface area contributed by atoms with Crippen LogP contribution >= 0.6 is 0 Å². The van der Waals surface area contributed by atoms with Gasteiger partial charge >= 0.3 is 5.97 Å². The van der Waals surface area contributed by atoms with Crippen molar-refractivity contribution in [1.29, 1.82) is 0 Å². The SMILES string of the molecule is CC1CCC(C(=O)N(c2nn(-c3ccc(NC(=O)C4CCCCC4)cc3)cc2C(=O)O)C(C)C)CC1. The van der Waals surface area contributed by atoms with E-state index in [1.165, 1.54) is 17.3 Å². The molecule has 0 bridgehead atoms. The summed E-state index contributed by atoms with van der Waals surface area (Å²) >= 11 is 0. The molecule has 4 rings (SSSR count). The van der Waals surface area contributed by atoms with Crippen molar-refractivity contribution in [3.63, 3.8) is 0 Å². The molecule has 2 amide bonds. The second-order valence-electron chi connectivity index (χ2n) is 10.7. The van der Waals surface area contributed by atoms with Crippen LogP contribution in [0.4, 0.5) is 11.5 Å². The van der Waals surface area contributed by atoms with Gasteiger partial charge in [0.2, 0.25) is 11.8 Å². The lowest BCUT2D eigenvalue weighted by atomic mass is 9.82. The van der Waals surface area contributed by atoms with E-state index in [9.17, 15) is 19.5 Å². The average Bonchev–Trinajstić information content (AvgIpc) is 3.30. The number of carboxylic acid groups (broad SMARTS) is 1. The first kappa shape index (κ1) is 25.9. The Morgan fingerprint density at radius 2 is 1.61 bits per heavy atom. The van der Waals surface area contributed by atoms with Crippen molar-refractivity contribution < 1.29 is 19.5 Å². The Morgan fingerprint density at radius 1 is 0.972 bits per heavy atom. The summed E-state index contributed by atoms with van der Waals surface area (Å²) in [5.74, 6) is -0.366. The number of anilines is 2. The molecule has 194 valence electrons. The molecule has 2 N–H and O–H groups in total. The fraction of sp³-hybridized carbons (Fsp3) is 0.571. The minimum absolute atomic E-state index is 0.00379. The van der Waals surface area contributed by atoms with Crippen LogP contribution in [0.1, 0.15) is 88.9 Å². The van der Waals surface area contributed by atoms with Crippen molar-refractivity contribution in [1.82, 2.24) is 9.78 Å². The molecule has 2 aliphatic rings. The lowest BCUT2D eigenvalue weighted by molar-refractivity contribution is -0.124. The van der Waals surface area contributed by atoms with Gasteiger partial charge in [0.15, 0.2) is 5.82 Å². The van der Waals surface area contributed by atoms with E-state index in [1.807, 2.05) is 13.8 Å². The maximum Gasteiger partial charge on any atom is 0.341 e. The third kappa shape index (κ3) is 5.79. The molecule has 1 aromatic heterocycles. The molecule has 8 nitrogen and oxygen atoms in total. The number of hydrogen-bond acceptors (Lipinski definition) is 4. The van der Waals surface area contributed by atoms with Gasteiger partial charge in [-0.3, -0.25) is 14.5 Å². The number of nitrogens with one attached hydrogen (secondary N) is 1. The molecule has 1 heterocycles.